The van der Waals surface area contributed by atoms with Gasteiger partial charge in [-0.2, -0.15) is 0 Å². The van der Waals surface area contributed by atoms with Crippen LogP contribution in [0.5, 0.6) is 0 Å². The molecule has 0 atom stereocenters. The predicted octanol–water partition coefficient (Wildman–Crippen LogP) is 1.29. The molecule has 0 aliphatic carbocycles. The zero-order valence-electron chi connectivity index (χ0n) is 12.0. The molecule has 112 valence electrons. The Balaban J connectivity index is 2.78. The van der Waals surface area contributed by atoms with Crippen molar-refractivity contribution in [3.63, 3.8) is 0 Å². The fourth-order valence-electron chi connectivity index (χ4n) is 1.58. The Morgan fingerprint density at radius 3 is 2.71 bits per heavy atom. The molecule has 6 heteroatoms. The van der Waals surface area contributed by atoms with Crippen molar-refractivity contribution in [2.75, 3.05) is 27.2 Å². The Kier molecular flexibility index (Phi) is 6.73. The number of halogens is 1. The third-order valence-electron chi connectivity index (χ3n) is 2.77. The van der Waals surface area contributed by atoms with E-state index in [0.717, 1.165) is 0 Å². The van der Waals surface area contributed by atoms with E-state index in [1.54, 1.807) is 25.2 Å². The lowest BCUT2D eigenvalue weighted by Gasteiger charge is -2.16. The third kappa shape index (κ3) is 5.10. The molecular formula is C15H17ClN2O3. The maximum absolute atomic E-state index is 12.2. The highest BCUT2D eigenvalue weighted by atomic mass is 35.5. The summed E-state index contributed by atoms with van der Waals surface area (Å²) >= 11 is 6.08. The highest BCUT2D eigenvalue weighted by Gasteiger charge is 2.14. The first kappa shape index (κ1) is 17.0. The van der Waals surface area contributed by atoms with Crippen molar-refractivity contribution in [2.24, 2.45) is 5.73 Å². The van der Waals surface area contributed by atoms with Gasteiger partial charge in [-0.05, 0) is 18.2 Å². The van der Waals surface area contributed by atoms with Gasteiger partial charge in [-0.1, -0.05) is 23.4 Å². The highest BCUT2D eigenvalue weighted by molar-refractivity contribution is 6.32. The average molecular weight is 309 g/mol. The minimum Gasteiger partial charge on any atom is -0.469 e. The van der Waals surface area contributed by atoms with E-state index in [2.05, 4.69) is 16.6 Å². The summed E-state index contributed by atoms with van der Waals surface area (Å²) in [5.74, 6) is 4.94. The number of carbonyl (C=O) groups excluding carboxylic acids is 2. The quantitative estimate of drug-likeness (QED) is 0.672. The molecule has 1 rings (SSSR count). The second-order valence-electron chi connectivity index (χ2n) is 4.25. The Hall–Kier alpha value is -2.03. The van der Waals surface area contributed by atoms with Crippen LogP contribution in [0.2, 0.25) is 5.02 Å². The summed E-state index contributed by atoms with van der Waals surface area (Å²) in [5.41, 5.74) is 6.36. The van der Waals surface area contributed by atoms with E-state index in [1.165, 1.54) is 12.0 Å². The molecule has 0 saturated carbocycles. The summed E-state index contributed by atoms with van der Waals surface area (Å²) in [6.07, 6.45) is 0.145. The van der Waals surface area contributed by atoms with Gasteiger partial charge < -0.3 is 15.4 Å². The monoisotopic (exact) mass is 308 g/mol. The zero-order chi connectivity index (χ0) is 15.8. The van der Waals surface area contributed by atoms with Crippen molar-refractivity contribution < 1.29 is 14.3 Å². The fourth-order valence-corrected chi connectivity index (χ4v) is 1.81. The summed E-state index contributed by atoms with van der Waals surface area (Å²) in [5, 5.41) is 0.392. The summed E-state index contributed by atoms with van der Waals surface area (Å²) in [4.78, 5) is 24.7. The number of rotatable bonds is 4. The lowest BCUT2D eigenvalue weighted by molar-refractivity contribution is -0.140. The van der Waals surface area contributed by atoms with Gasteiger partial charge in [0.2, 0.25) is 0 Å². The molecule has 2 N–H and O–H groups in total. The summed E-state index contributed by atoms with van der Waals surface area (Å²) in [6.45, 7) is 0.519. The molecular weight excluding hydrogens is 292 g/mol. The molecule has 1 aromatic carbocycles. The zero-order valence-corrected chi connectivity index (χ0v) is 12.7. The topological polar surface area (TPSA) is 72.6 Å². The van der Waals surface area contributed by atoms with Crippen LogP contribution in [0.25, 0.3) is 0 Å². The van der Waals surface area contributed by atoms with E-state index in [1.807, 2.05) is 0 Å². The molecule has 0 heterocycles. The van der Waals surface area contributed by atoms with Crippen LogP contribution in [-0.2, 0) is 9.53 Å². The van der Waals surface area contributed by atoms with Crippen LogP contribution >= 0.6 is 11.6 Å². The van der Waals surface area contributed by atoms with E-state index in [-0.39, 0.29) is 31.4 Å². The molecule has 1 amide bonds. The van der Waals surface area contributed by atoms with Gasteiger partial charge in [0.15, 0.2) is 0 Å². The smallest absolute Gasteiger partial charge is 0.307 e. The second-order valence-corrected chi connectivity index (χ2v) is 4.66. The number of benzene rings is 1. The van der Waals surface area contributed by atoms with Crippen molar-refractivity contribution in [1.82, 2.24) is 4.90 Å². The van der Waals surface area contributed by atoms with Crippen LogP contribution in [-0.4, -0.2) is 44.0 Å². The van der Waals surface area contributed by atoms with Gasteiger partial charge in [0.05, 0.1) is 25.1 Å². The molecule has 0 fully saturated rings. The van der Waals surface area contributed by atoms with E-state index in [4.69, 9.17) is 17.3 Å². The number of hydrogen-bond donors (Lipinski definition) is 1. The van der Waals surface area contributed by atoms with Crippen LogP contribution < -0.4 is 5.73 Å². The largest absolute Gasteiger partial charge is 0.469 e. The van der Waals surface area contributed by atoms with E-state index in [0.29, 0.717) is 16.1 Å². The number of esters is 1. The lowest BCUT2D eigenvalue weighted by Crippen LogP contribution is -2.29. The van der Waals surface area contributed by atoms with Gasteiger partial charge in [0.25, 0.3) is 5.91 Å². The number of methoxy groups -OCH3 is 1. The number of nitrogens with two attached hydrogens (primary N) is 1. The second kappa shape index (κ2) is 8.30. The van der Waals surface area contributed by atoms with Crippen molar-refractivity contribution >= 4 is 23.5 Å². The van der Waals surface area contributed by atoms with Crippen LogP contribution in [0.15, 0.2) is 18.2 Å². The van der Waals surface area contributed by atoms with Crippen molar-refractivity contribution in [3.05, 3.63) is 34.3 Å². The maximum Gasteiger partial charge on any atom is 0.307 e. The SMILES string of the molecule is COC(=O)CCN(C)C(=O)c1ccc(C#CCN)c(Cl)c1. The Morgan fingerprint density at radius 1 is 1.43 bits per heavy atom. The Morgan fingerprint density at radius 2 is 2.14 bits per heavy atom. The average Bonchev–Trinajstić information content (AvgIpc) is 2.50. The molecule has 5 nitrogen and oxygen atoms in total. The molecule has 0 bridgehead atoms. The van der Waals surface area contributed by atoms with Crippen LogP contribution in [0.3, 0.4) is 0 Å². The van der Waals surface area contributed by atoms with Gasteiger partial charge in [-0.25, -0.2) is 0 Å². The highest BCUT2D eigenvalue weighted by Crippen LogP contribution is 2.18. The van der Waals surface area contributed by atoms with Gasteiger partial charge in [0, 0.05) is 24.7 Å². The number of nitrogens with zero attached hydrogens (tertiary/aromatic N) is 1. The van der Waals surface area contributed by atoms with Gasteiger partial charge in [0.1, 0.15) is 0 Å². The molecule has 0 unspecified atom stereocenters. The first-order valence-electron chi connectivity index (χ1n) is 6.30. The summed E-state index contributed by atoms with van der Waals surface area (Å²) in [7, 11) is 2.92. The predicted molar refractivity (Wildman–Crippen MR) is 81.0 cm³/mol. The molecule has 0 aliphatic heterocycles. The number of hydrogen-bond acceptors (Lipinski definition) is 4. The first-order chi connectivity index (χ1) is 9.99. The van der Waals surface area contributed by atoms with Crippen LogP contribution in [0.1, 0.15) is 22.3 Å². The Bertz CT molecular complexity index is 590. The fraction of sp³-hybridized carbons (Fsp3) is 0.333. The number of amides is 1. The minimum atomic E-state index is -0.361. The van der Waals surface area contributed by atoms with E-state index >= 15 is 0 Å². The summed E-state index contributed by atoms with van der Waals surface area (Å²) in [6, 6.07) is 4.87. The minimum absolute atomic E-state index is 0.145. The first-order valence-corrected chi connectivity index (χ1v) is 6.68. The standard InChI is InChI=1S/C15H17ClN2O3/c1-18(9-7-14(19)21-2)15(20)12-6-5-11(4-3-8-17)13(16)10-12/h5-6,10H,7-9,17H2,1-2H3. The molecule has 0 saturated heterocycles. The van der Waals surface area contributed by atoms with Crippen molar-refractivity contribution in [1.29, 1.82) is 0 Å². The number of carbonyl (C=O) groups is 2. The molecule has 1 aromatic rings. The summed E-state index contributed by atoms with van der Waals surface area (Å²) < 4.78 is 4.53. The molecule has 0 spiro atoms. The Labute approximate surface area is 129 Å². The van der Waals surface area contributed by atoms with E-state index in [9.17, 15) is 9.59 Å². The molecule has 21 heavy (non-hydrogen) atoms. The van der Waals surface area contributed by atoms with Gasteiger partial charge in [-0.15, -0.1) is 0 Å². The van der Waals surface area contributed by atoms with Gasteiger partial charge >= 0.3 is 5.97 Å². The van der Waals surface area contributed by atoms with Crippen LogP contribution in [0.4, 0.5) is 0 Å². The van der Waals surface area contributed by atoms with Gasteiger partial charge in [-0.3, -0.25) is 9.59 Å². The molecule has 0 radical (unpaired) electrons. The molecule has 0 aliphatic rings. The third-order valence-corrected chi connectivity index (χ3v) is 3.08. The maximum atomic E-state index is 12.2. The lowest BCUT2D eigenvalue weighted by atomic mass is 10.1. The number of ether oxygens (including phenoxy) is 1. The normalized spacial score (nSPS) is 9.52. The van der Waals surface area contributed by atoms with Crippen LogP contribution in [0, 0.1) is 11.8 Å². The van der Waals surface area contributed by atoms with Crippen molar-refractivity contribution in [2.45, 2.75) is 6.42 Å². The van der Waals surface area contributed by atoms with E-state index < -0.39 is 0 Å². The molecule has 0 aromatic heterocycles. The van der Waals surface area contributed by atoms with Crippen molar-refractivity contribution in [3.8, 4) is 11.8 Å².